The van der Waals surface area contributed by atoms with Gasteiger partial charge in [-0.3, -0.25) is 4.79 Å². The SMILES string of the molecule is CCC1CCNC(C(=O)NCC(COC)OC)C1. The van der Waals surface area contributed by atoms with E-state index in [1.54, 1.807) is 14.2 Å². The van der Waals surface area contributed by atoms with Crippen molar-refractivity contribution in [3.8, 4) is 0 Å². The quantitative estimate of drug-likeness (QED) is 0.700. The lowest BCUT2D eigenvalue weighted by Gasteiger charge is -2.29. The third-order valence-electron chi connectivity index (χ3n) is 3.60. The highest BCUT2D eigenvalue weighted by Crippen LogP contribution is 2.19. The number of amides is 1. The van der Waals surface area contributed by atoms with Gasteiger partial charge in [-0.25, -0.2) is 0 Å². The predicted molar refractivity (Wildman–Crippen MR) is 70.5 cm³/mol. The van der Waals surface area contributed by atoms with Crippen molar-refractivity contribution in [3.05, 3.63) is 0 Å². The van der Waals surface area contributed by atoms with Gasteiger partial charge in [0.2, 0.25) is 5.91 Å². The smallest absolute Gasteiger partial charge is 0.237 e. The average Bonchev–Trinajstić information content (AvgIpc) is 2.43. The van der Waals surface area contributed by atoms with Gasteiger partial charge in [-0.2, -0.15) is 0 Å². The van der Waals surface area contributed by atoms with Crippen LogP contribution in [0.5, 0.6) is 0 Å². The Morgan fingerprint density at radius 2 is 2.28 bits per heavy atom. The molecule has 18 heavy (non-hydrogen) atoms. The zero-order valence-electron chi connectivity index (χ0n) is 11.7. The van der Waals surface area contributed by atoms with E-state index in [0.29, 0.717) is 19.1 Å². The largest absolute Gasteiger partial charge is 0.382 e. The number of carbonyl (C=O) groups excluding carboxylic acids is 1. The fourth-order valence-electron chi connectivity index (χ4n) is 2.30. The molecule has 1 aliphatic rings. The minimum Gasteiger partial charge on any atom is -0.382 e. The van der Waals surface area contributed by atoms with E-state index in [-0.39, 0.29) is 18.1 Å². The lowest BCUT2D eigenvalue weighted by molar-refractivity contribution is -0.124. The molecule has 1 rings (SSSR count). The molecular weight excluding hydrogens is 232 g/mol. The second-order valence-electron chi connectivity index (χ2n) is 4.86. The number of rotatable bonds is 7. The van der Waals surface area contributed by atoms with Gasteiger partial charge in [0, 0.05) is 20.8 Å². The molecule has 3 unspecified atom stereocenters. The van der Waals surface area contributed by atoms with Crippen molar-refractivity contribution in [3.63, 3.8) is 0 Å². The Bertz CT molecular complexity index is 248. The number of ether oxygens (including phenoxy) is 2. The molecule has 0 bridgehead atoms. The minimum atomic E-state index is -0.0792. The highest BCUT2D eigenvalue weighted by molar-refractivity contribution is 5.81. The van der Waals surface area contributed by atoms with Crippen LogP contribution in [0.1, 0.15) is 26.2 Å². The molecule has 0 aliphatic carbocycles. The summed E-state index contributed by atoms with van der Waals surface area (Å²) in [5.74, 6) is 0.741. The van der Waals surface area contributed by atoms with Crippen LogP contribution in [0, 0.1) is 5.92 Å². The molecule has 3 atom stereocenters. The van der Waals surface area contributed by atoms with Crippen LogP contribution >= 0.6 is 0 Å². The van der Waals surface area contributed by atoms with Crippen LogP contribution in [0.25, 0.3) is 0 Å². The number of hydrogen-bond acceptors (Lipinski definition) is 4. The van der Waals surface area contributed by atoms with Crippen molar-refractivity contribution in [2.24, 2.45) is 5.92 Å². The first-order valence-corrected chi connectivity index (χ1v) is 6.74. The van der Waals surface area contributed by atoms with E-state index < -0.39 is 0 Å². The van der Waals surface area contributed by atoms with Crippen LogP contribution in [-0.2, 0) is 14.3 Å². The maximum absolute atomic E-state index is 12.0. The van der Waals surface area contributed by atoms with E-state index >= 15 is 0 Å². The zero-order valence-corrected chi connectivity index (χ0v) is 11.7. The third-order valence-corrected chi connectivity index (χ3v) is 3.60. The first-order chi connectivity index (χ1) is 8.71. The van der Waals surface area contributed by atoms with E-state index in [0.717, 1.165) is 19.4 Å². The Hall–Kier alpha value is -0.650. The molecule has 0 aromatic heterocycles. The van der Waals surface area contributed by atoms with Crippen molar-refractivity contribution in [1.29, 1.82) is 0 Å². The van der Waals surface area contributed by atoms with Crippen LogP contribution in [0.4, 0.5) is 0 Å². The molecule has 1 aliphatic heterocycles. The monoisotopic (exact) mass is 258 g/mol. The molecule has 2 N–H and O–H groups in total. The molecule has 0 radical (unpaired) electrons. The van der Waals surface area contributed by atoms with Crippen LogP contribution in [0.2, 0.25) is 0 Å². The summed E-state index contributed by atoms with van der Waals surface area (Å²) in [7, 11) is 3.25. The molecule has 1 fully saturated rings. The van der Waals surface area contributed by atoms with Gasteiger partial charge < -0.3 is 20.1 Å². The standard InChI is InChI=1S/C13H26N2O3/c1-4-10-5-6-14-12(7-10)13(16)15-8-11(18-3)9-17-2/h10-12,14H,4-9H2,1-3H3,(H,15,16). The number of carbonyl (C=O) groups is 1. The first kappa shape index (κ1) is 15.4. The highest BCUT2D eigenvalue weighted by atomic mass is 16.5. The number of methoxy groups -OCH3 is 2. The number of nitrogens with one attached hydrogen (secondary N) is 2. The second kappa shape index (κ2) is 8.45. The Balaban J connectivity index is 2.31. The van der Waals surface area contributed by atoms with E-state index in [4.69, 9.17) is 9.47 Å². The average molecular weight is 258 g/mol. The lowest BCUT2D eigenvalue weighted by atomic mass is 9.90. The molecule has 0 spiro atoms. The summed E-state index contributed by atoms with van der Waals surface area (Å²) in [6.45, 7) is 4.11. The molecule has 1 amide bonds. The van der Waals surface area contributed by atoms with Gasteiger partial charge in [-0.15, -0.1) is 0 Å². The topological polar surface area (TPSA) is 59.6 Å². The number of hydrogen-bond donors (Lipinski definition) is 2. The summed E-state index contributed by atoms with van der Waals surface area (Å²) in [4.78, 5) is 12.0. The normalized spacial score (nSPS) is 25.7. The predicted octanol–water partition coefficient (Wildman–Crippen LogP) is 0.542. The highest BCUT2D eigenvalue weighted by Gasteiger charge is 2.26. The van der Waals surface area contributed by atoms with Crippen LogP contribution in [0.3, 0.4) is 0 Å². The van der Waals surface area contributed by atoms with E-state index in [1.165, 1.54) is 6.42 Å². The van der Waals surface area contributed by atoms with Crippen molar-refractivity contribution in [1.82, 2.24) is 10.6 Å². The minimum absolute atomic E-state index is 0.0521. The van der Waals surface area contributed by atoms with Crippen molar-refractivity contribution >= 4 is 5.91 Å². The van der Waals surface area contributed by atoms with E-state index in [9.17, 15) is 4.79 Å². The molecule has 0 aromatic carbocycles. The lowest BCUT2D eigenvalue weighted by Crippen LogP contribution is -2.50. The maximum Gasteiger partial charge on any atom is 0.237 e. The molecule has 5 heteroatoms. The Morgan fingerprint density at radius 3 is 2.89 bits per heavy atom. The van der Waals surface area contributed by atoms with Crippen LogP contribution < -0.4 is 10.6 Å². The van der Waals surface area contributed by atoms with Crippen molar-refractivity contribution in [2.75, 3.05) is 33.9 Å². The molecule has 5 nitrogen and oxygen atoms in total. The Kier molecular flexibility index (Phi) is 7.23. The maximum atomic E-state index is 12.0. The van der Waals surface area contributed by atoms with Gasteiger partial charge in [-0.1, -0.05) is 13.3 Å². The number of piperidine rings is 1. The van der Waals surface area contributed by atoms with Crippen LogP contribution in [0.15, 0.2) is 0 Å². The first-order valence-electron chi connectivity index (χ1n) is 6.74. The second-order valence-corrected chi connectivity index (χ2v) is 4.86. The molecular formula is C13H26N2O3. The van der Waals surface area contributed by atoms with E-state index in [1.807, 2.05) is 0 Å². The van der Waals surface area contributed by atoms with Gasteiger partial charge in [0.25, 0.3) is 0 Å². The summed E-state index contributed by atoms with van der Waals surface area (Å²) < 4.78 is 10.2. The van der Waals surface area contributed by atoms with E-state index in [2.05, 4.69) is 17.6 Å². The summed E-state index contributed by atoms with van der Waals surface area (Å²) in [5.41, 5.74) is 0. The fourth-order valence-corrected chi connectivity index (χ4v) is 2.30. The van der Waals surface area contributed by atoms with Gasteiger partial charge in [0.1, 0.15) is 0 Å². The third kappa shape index (κ3) is 4.92. The van der Waals surface area contributed by atoms with Crippen molar-refractivity contribution in [2.45, 2.75) is 38.3 Å². The molecule has 0 aromatic rings. The molecule has 0 saturated carbocycles. The summed E-state index contributed by atoms with van der Waals surface area (Å²) in [5, 5.41) is 6.20. The molecule has 1 saturated heterocycles. The van der Waals surface area contributed by atoms with Gasteiger partial charge in [-0.05, 0) is 25.3 Å². The Morgan fingerprint density at radius 1 is 1.50 bits per heavy atom. The summed E-state index contributed by atoms with van der Waals surface area (Å²) in [6, 6.07) is -0.0521. The molecule has 1 heterocycles. The van der Waals surface area contributed by atoms with Gasteiger partial charge in [0.05, 0.1) is 18.8 Å². The van der Waals surface area contributed by atoms with Crippen molar-refractivity contribution < 1.29 is 14.3 Å². The van der Waals surface area contributed by atoms with Crippen LogP contribution in [-0.4, -0.2) is 52.0 Å². The van der Waals surface area contributed by atoms with Gasteiger partial charge >= 0.3 is 0 Å². The summed E-state index contributed by atoms with van der Waals surface area (Å²) >= 11 is 0. The van der Waals surface area contributed by atoms with Gasteiger partial charge in [0.15, 0.2) is 0 Å². The Labute approximate surface area is 110 Å². The molecule has 106 valence electrons. The zero-order chi connectivity index (χ0) is 13.4. The fraction of sp³-hybridized carbons (Fsp3) is 0.923. The summed E-state index contributed by atoms with van der Waals surface area (Å²) in [6.07, 6.45) is 3.18.